The fraction of sp³-hybridized carbons (Fsp3) is 0.235. The van der Waals surface area contributed by atoms with Crippen molar-refractivity contribution in [3.8, 4) is 11.3 Å². The summed E-state index contributed by atoms with van der Waals surface area (Å²) in [5, 5.41) is 2.96. The molecule has 1 aromatic carbocycles. The fourth-order valence-electron chi connectivity index (χ4n) is 2.43. The van der Waals surface area contributed by atoms with Gasteiger partial charge in [0, 0.05) is 30.2 Å². The first kappa shape index (κ1) is 13.0. The number of benzene rings is 1. The standard InChI is InChI=1S/C17H16N4O/c1-11-2-4-12(5-3-11)15-16-20-14(10-21(16)9-8-18-15)17(22)19-13-6-7-13/h2-5,8-10,13H,6-7H2,1H3,(H,19,22). The van der Waals surface area contributed by atoms with Gasteiger partial charge in [-0.25, -0.2) is 4.98 Å². The number of amides is 1. The van der Waals surface area contributed by atoms with Gasteiger partial charge in [0.05, 0.1) is 0 Å². The maximum absolute atomic E-state index is 12.1. The van der Waals surface area contributed by atoms with E-state index in [2.05, 4.69) is 15.3 Å². The molecular weight excluding hydrogens is 276 g/mol. The van der Waals surface area contributed by atoms with E-state index in [1.165, 1.54) is 5.56 Å². The number of nitrogens with zero attached hydrogens (tertiary/aromatic N) is 3. The molecular formula is C17H16N4O. The van der Waals surface area contributed by atoms with Gasteiger partial charge in [0.15, 0.2) is 5.65 Å². The van der Waals surface area contributed by atoms with E-state index in [1.807, 2.05) is 41.8 Å². The molecule has 0 spiro atoms. The van der Waals surface area contributed by atoms with Crippen LogP contribution in [-0.4, -0.2) is 26.3 Å². The molecule has 3 aromatic rings. The molecule has 5 heteroatoms. The van der Waals surface area contributed by atoms with Crippen molar-refractivity contribution in [1.82, 2.24) is 19.7 Å². The number of aryl methyl sites for hydroxylation is 1. The van der Waals surface area contributed by atoms with Gasteiger partial charge in [-0.1, -0.05) is 29.8 Å². The van der Waals surface area contributed by atoms with Crippen molar-refractivity contribution >= 4 is 11.6 Å². The summed E-state index contributed by atoms with van der Waals surface area (Å²) in [6.07, 6.45) is 7.43. The Hall–Kier alpha value is -2.69. The van der Waals surface area contributed by atoms with Gasteiger partial charge < -0.3 is 9.72 Å². The van der Waals surface area contributed by atoms with Crippen LogP contribution in [0.2, 0.25) is 0 Å². The SMILES string of the molecule is Cc1ccc(-c2nccn3cc(C(=O)NC4CC4)nc23)cc1. The topological polar surface area (TPSA) is 59.3 Å². The first-order valence-electron chi connectivity index (χ1n) is 7.42. The molecule has 2 aromatic heterocycles. The normalized spacial score (nSPS) is 14.2. The number of hydrogen-bond donors (Lipinski definition) is 1. The highest BCUT2D eigenvalue weighted by Gasteiger charge is 2.25. The molecule has 1 aliphatic carbocycles. The average molecular weight is 292 g/mol. The van der Waals surface area contributed by atoms with Crippen LogP contribution in [0.15, 0.2) is 42.9 Å². The Kier molecular flexibility index (Phi) is 2.92. The molecule has 0 unspecified atom stereocenters. The molecule has 0 saturated heterocycles. The first-order chi connectivity index (χ1) is 10.7. The van der Waals surface area contributed by atoms with Crippen molar-refractivity contribution in [2.45, 2.75) is 25.8 Å². The molecule has 5 nitrogen and oxygen atoms in total. The van der Waals surface area contributed by atoms with Crippen molar-refractivity contribution in [2.75, 3.05) is 0 Å². The maximum atomic E-state index is 12.1. The van der Waals surface area contributed by atoms with Crippen molar-refractivity contribution in [2.24, 2.45) is 0 Å². The number of carbonyl (C=O) groups excluding carboxylic acids is 1. The summed E-state index contributed by atoms with van der Waals surface area (Å²) in [6.45, 7) is 2.05. The van der Waals surface area contributed by atoms with Crippen molar-refractivity contribution in [1.29, 1.82) is 0 Å². The van der Waals surface area contributed by atoms with E-state index in [4.69, 9.17) is 0 Å². The number of aromatic nitrogens is 3. The van der Waals surface area contributed by atoms with Crippen LogP contribution in [0.3, 0.4) is 0 Å². The Morgan fingerprint density at radius 2 is 2.05 bits per heavy atom. The molecule has 4 rings (SSSR count). The predicted octanol–water partition coefficient (Wildman–Crippen LogP) is 2.60. The van der Waals surface area contributed by atoms with Crippen LogP contribution in [0, 0.1) is 6.92 Å². The Labute approximate surface area is 128 Å². The largest absolute Gasteiger partial charge is 0.348 e. The highest BCUT2D eigenvalue weighted by molar-refractivity contribution is 5.94. The third kappa shape index (κ3) is 2.35. The van der Waals surface area contributed by atoms with Gasteiger partial charge in [-0.2, -0.15) is 0 Å². The number of nitrogens with one attached hydrogen (secondary N) is 1. The zero-order valence-electron chi connectivity index (χ0n) is 12.3. The molecule has 1 aliphatic rings. The molecule has 0 aliphatic heterocycles. The lowest BCUT2D eigenvalue weighted by Crippen LogP contribution is -2.25. The minimum atomic E-state index is -0.110. The van der Waals surface area contributed by atoms with E-state index in [1.54, 1.807) is 12.4 Å². The molecule has 22 heavy (non-hydrogen) atoms. The number of imidazole rings is 1. The van der Waals surface area contributed by atoms with E-state index in [9.17, 15) is 4.79 Å². The summed E-state index contributed by atoms with van der Waals surface area (Å²) in [6, 6.07) is 8.47. The molecule has 0 radical (unpaired) electrons. The molecule has 1 saturated carbocycles. The minimum Gasteiger partial charge on any atom is -0.348 e. The maximum Gasteiger partial charge on any atom is 0.271 e. The van der Waals surface area contributed by atoms with Crippen LogP contribution in [0.25, 0.3) is 16.9 Å². The van der Waals surface area contributed by atoms with E-state index in [-0.39, 0.29) is 5.91 Å². The smallest absolute Gasteiger partial charge is 0.271 e. The Bertz CT molecular complexity index is 847. The van der Waals surface area contributed by atoms with E-state index < -0.39 is 0 Å². The van der Waals surface area contributed by atoms with Crippen LogP contribution in [0.4, 0.5) is 0 Å². The zero-order chi connectivity index (χ0) is 15.1. The summed E-state index contributed by atoms with van der Waals surface area (Å²) in [5.41, 5.74) is 4.12. The molecule has 110 valence electrons. The van der Waals surface area contributed by atoms with Gasteiger partial charge in [-0.05, 0) is 19.8 Å². The molecule has 0 bridgehead atoms. The zero-order valence-corrected chi connectivity index (χ0v) is 12.3. The van der Waals surface area contributed by atoms with Crippen molar-refractivity contribution < 1.29 is 4.79 Å². The van der Waals surface area contributed by atoms with Gasteiger partial charge in [0.2, 0.25) is 0 Å². The summed E-state index contributed by atoms with van der Waals surface area (Å²) in [5.74, 6) is -0.110. The quantitative estimate of drug-likeness (QED) is 0.807. The summed E-state index contributed by atoms with van der Waals surface area (Å²) < 4.78 is 1.85. The third-order valence-corrected chi connectivity index (χ3v) is 3.85. The van der Waals surface area contributed by atoms with Crippen LogP contribution in [0.5, 0.6) is 0 Å². The summed E-state index contributed by atoms with van der Waals surface area (Å²) in [4.78, 5) is 21.1. The number of carbonyl (C=O) groups is 1. The predicted molar refractivity (Wildman–Crippen MR) is 83.6 cm³/mol. The van der Waals surface area contributed by atoms with Crippen LogP contribution >= 0.6 is 0 Å². The van der Waals surface area contributed by atoms with Crippen LogP contribution in [-0.2, 0) is 0 Å². The van der Waals surface area contributed by atoms with Crippen molar-refractivity contribution in [3.05, 3.63) is 54.1 Å². The second-order valence-electron chi connectivity index (χ2n) is 5.75. The monoisotopic (exact) mass is 292 g/mol. The highest BCUT2D eigenvalue weighted by Crippen LogP contribution is 2.23. The highest BCUT2D eigenvalue weighted by atomic mass is 16.2. The minimum absolute atomic E-state index is 0.110. The lowest BCUT2D eigenvalue weighted by molar-refractivity contribution is 0.0946. The van der Waals surface area contributed by atoms with E-state index in [0.29, 0.717) is 17.4 Å². The van der Waals surface area contributed by atoms with Gasteiger partial charge in [-0.3, -0.25) is 9.78 Å². The Morgan fingerprint density at radius 1 is 1.27 bits per heavy atom. The van der Waals surface area contributed by atoms with Crippen LogP contribution < -0.4 is 5.32 Å². The molecule has 1 N–H and O–H groups in total. The van der Waals surface area contributed by atoms with Crippen molar-refractivity contribution in [3.63, 3.8) is 0 Å². The molecule has 2 heterocycles. The molecule has 0 atom stereocenters. The number of rotatable bonds is 3. The van der Waals surface area contributed by atoms with Gasteiger partial charge in [0.1, 0.15) is 11.4 Å². The van der Waals surface area contributed by atoms with E-state index >= 15 is 0 Å². The van der Waals surface area contributed by atoms with Gasteiger partial charge in [-0.15, -0.1) is 0 Å². The average Bonchev–Trinajstić information content (AvgIpc) is 3.22. The van der Waals surface area contributed by atoms with Crippen LogP contribution in [0.1, 0.15) is 28.9 Å². The Morgan fingerprint density at radius 3 is 2.77 bits per heavy atom. The molecule has 1 amide bonds. The lowest BCUT2D eigenvalue weighted by atomic mass is 10.1. The second kappa shape index (κ2) is 4.94. The number of hydrogen-bond acceptors (Lipinski definition) is 3. The lowest BCUT2D eigenvalue weighted by Gasteiger charge is -2.03. The third-order valence-electron chi connectivity index (χ3n) is 3.85. The second-order valence-corrected chi connectivity index (χ2v) is 5.75. The van der Waals surface area contributed by atoms with E-state index in [0.717, 1.165) is 24.1 Å². The summed E-state index contributed by atoms with van der Waals surface area (Å²) >= 11 is 0. The number of fused-ring (bicyclic) bond motifs is 1. The van der Waals surface area contributed by atoms with Gasteiger partial charge >= 0.3 is 0 Å². The molecule has 1 fully saturated rings. The fourth-order valence-corrected chi connectivity index (χ4v) is 2.43. The summed E-state index contributed by atoms with van der Waals surface area (Å²) in [7, 11) is 0. The first-order valence-corrected chi connectivity index (χ1v) is 7.42. The Balaban J connectivity index is 1.77. The van der Waals surface area contributed by atoms with Gasteiger partial charge in [0.25, 0.3) is 5.91 Å².